The predicted molar refractivity (Wildman–Crippen MR) is 88.0 cm³/mol. The van der Waals surface area contributed by atoms with E-state index in [1.54, 1.807) is 43.7 Å². The van der Waals surface area contributed by atoms with Gasteiger partial charge in [0.05, 0.1) is 4.90 Å². The molecule has 0 aliphatic rings. The molecule has 0 saturated carbocycles. The van der Waals surface area contributed by atoms with Crippen molar-refractivity contribution in [2.45, 2.75) is 4.90 Å². The number of nitrogens with zero attached hydrogens (tertiary/aromatic N) is 4. The van der Waals surface area contributed by atoms with E-state index in [0.29, 0.717) is 22.5 Å². The molecule has 0 fully saturated rings. The van der Waals surface area contributed by atoms with Crippen LogP contribution in [0.25, 0.3) is 22.4 Å². The van der Waals surface area contributed by atoms with Crippen molar-refractivity contribution >= 4 is 10.0 Å². The Labute approximate surface area is 139 Å². The van der Waals surface area contributed by atoms with E-state index < -0.39 is 10.0 Å². The summed E-state index contributed by atoms with van der Waals surface area (Å²) in [6.07, 6.45) is 3.27. The number of hydrogen-bond donors (Lipinski definition) is 1. The Hall–Kier alpha value is -3.02. The first kappa shape index (κ1) is 15.9. The van der Waals surface area contributed by atoms with Gasteiger partial charge in [-0.15, -0.1) is 0 Å². The minimum absolute atomic E-state index is 0.0214. The van der Waals surface area contributed by atoms with Crippen LogP contribution in [0.4, 0.5) is 0 Å². The van der Waals surface area contributed by atoms with Gasteiger partial charge < -0.3 is 0 Å². The van der Waals surface area contributed by atoms with Crippen molar-refractivity contribution in [2.75, 3.05) is 0 Å². The van der Waals surface area contributed by atoms with Gasteiger partial charge in [0.1, 0.15) is 17.5 Å². The molecule has 3 rings (SSSR count). The summed E-state index contributed by atoms with van der Waals surface area (Å²) in [6.45, 7) is 0. The van der Waals surface area contributed by atoms with Crippen LogP contribution in [-0.2, 0) is 17.1 Å². The highest BCUT2D eigenvalue weighted by atomic mass is 32.2. The third-order valence-corrected chi connectivity index (χ3v) is 4.51. The molecule has 2 aromatic heterocycles. The summed E-state index contributed by atoms with van der Waals surface area (Å²) in [4.78, 5) is 4.00. The van der Waals surface area contributed by atoms with Crippen LogP contribution in [0.3, 0.4) is 0 Å². The Bertz CT molecular complexity index is 1030. The molecule has 0 saturated heterocycles. The lowest BCUT2D eigenvalue weighted by Crippen LogP contribution is -2.11. The molecule has 120 valence electrons. The van der Waals surface area contributed by atoms with E-state index in [9.17, 15) is 13.7 Å². The van der Waals surface area contributed by atoms with Gasteiger partial charge >= 0.3 is 0 Å². The maximum absolute atomic E-state index is 11.4. The molecule has 0 unspecified atom stereocenters. The van der Waals surface area contributed by atoms with Crippen LogP contribution < -0.4 is 5.14 Å². The largest absolute Gasteiger partial charge is 0.265 e. The summed E-state index contributed by atoms with van der Waals surface area (Å²) in [5.74, 6) is 0. The van der Waals surface area contributed by atoms with Gasteiger partial charge in [-0.05, 0) is 29.8 Å². The van der Waals surface area contributed by atoms with E-state index in [1.165, 1.54) is 16.8 Å². The van der Waals surface area contributed by atoms with Crippen molar-refractivity contribution in [1.82, 2.24) is 14.8 Å². The Kier molecular flexibility index (Phi) is 3.89. The van der Waals surface area contributed by atoms with Gasteiger partial charge in [0.15, 0.2) is 0 Å². The maximum Gasteiger partial charge on any atom is 0.238 e. The summed E-state index contributed by atoms with van der Waals surface area (Å²) < 4.78 is 24.3. The SMILES string of the molecule is Cn1nc(-c2ccc(S(N)(=O)=O)cc2)c(-c2ccncc2)c1C#N. The fraction of sp³-hybridized carbons (Fsp3) is 0.0625. The Morgan fingerprint density at radius 1 is 1.08 bits per heavy atom. The third-order valence-electron chi connectivity index (χ3n) is 3.58. The summed E-state index contributed by atoms with van der Waals surface area (Å²) in [6, 6.07) is 11.8. The maximum atomic E-state index is 11.4. The number of aromatic nitrogens is 3. The fourth-order valence-corrected chi connectivity index (χ4v) is 2.96. The first-order valence-electron chi connectivity index (χ1n) is 6.92. The Morgan fingerprint density at radius 3 is 2.25 bits per heavy atom. The third kappa shape index (κ3) is 2.78. The van der Waals surface area contributed by atoms with Crippen molar-refractivity contribution in [3.05, 3.63) is 54.5 Å². The number of primary sulfonamides is 1. The number of pyridine rings is 1. The van der Waals surface area contributed by atoms with Crippen molar-refractivity contribution < 1.29 is 8.42 Å². The van der Waals surface area contributed by atoms with Crippen molar-refractivity contribution in [1.29, 1.82) is 5.26 Å². The molecule has 0 radical (unpaired) electrons. The summed E-state index contributed by atoms with van der Waals surface area (Å²) in [5, 5.41) is 19.0. The smallest absolute Gasteiger partial charge is 0.238 e. The average Bonchev–Trinajstić information content (AvgIpc) is 2.91. The van der Waals surface area contributed by atoms with Crippen molar-refractivity contribution in [3.63, 3.8) is 0 Å². The number of sulfonamides is 1. The summed E-state index contributed by atoms with van der Waals surface area (Å²) in [5.41, 5.74) is 3.16. The number of rotatable bonds is 3. The minimum atomic E-state index is -3.76. The zero-order chi connectivity index (χ0) is 17.3. The van der Waals surface area contributed by atoms with Crippen LogP contribution in [0.15, 0.2) is 53.7 Å². The minimum Gasteiger partial charge on any atom is -0.265 e. The second kappa shape index (κ2) is 5.88. The molecular formula is C16H13N5O2S. The number of nitriles is 1. The molecule has 0 bridgehead atoms. The van der Waals surface area contributed by atoms with Crippen LogP contribution in [0, 0.1) is 11.3 Å². The molecular weight excluding hydrogens is 326 g/mol. The highest BCUT2D eigenvalue weighted by Gasteiger charge is 2.19. The second-order valence-electron chi connectivity index (χ2n) is 5.11. The lowest BCUT2D eigenvalue weighted by molar-refractivity contribution is 0.598. The molecule has 7 nitrogen and oxygen atoms in total. The van der Waals surface area contributed by atoms with E-state index >= 15 is 0 Å². The van der Waals surface area contributed by atoms with Gasteiger partial charge in [0.25, 0.3) is 0 Å². The quantitative estimate of drug-likeness (QED) is 0.779. The molecule has 0 aliphatic carbocycles. The topological polar surface area (TPSA) is 115 Å². The monoisotopic (exact) mass is 339 g/mol. The molecule has 1 aromatic carbocycles. The molecule has 0 aliphatic heterocycles. The molecule has 24 heavy (non-hydrogen) atoms. The van der Waals surface area contributed by atoms with E-state index in [4.69, 9.17) is 5.14 Å². The van der Waals surface area contributed by atoms with Gasteiger partial charge in [0.2, 0.25) is 10.0 Å². The number of hydrogen-bond acceptors (Lipinski definition) is 5. The van der Waals surface area contributed by atoms with Gasteiger partial charge in [0, 0.05) is 30.6 Å². The van der Waals surface area contributed by atoms with Crippen LogP contribution >= 0.6 is 0 Å². The van der Waals surface area contributed by atoms with Crippen LogP contribution in [-0.4, -0.2) is 23.2 Å². The van der Waals surface area contributed by atoms with Crippen LogP contribution in [0.2, 0.25) is 0 Å². The molecule has 0 amide bonds. The predicted octanol–water partition coefficient (Wildman–Crippen LogP) is 1.67. The molecule has 2 N–H and O–H groups in total. The molecule has 0 atom stereocenters. The molecule has 0 spiro atoms. The standard InChI is InChI=1S/C16H13N5O2S/c1-21-14(10-17)15(11-6-8-19-9-7-11)16(20-21)12-2-4-13(5-3-12)24(18,22)23/h2-9H,1H3,(H2,18,22,23). The van der Waals surface area contributed by atoms with E-state index in [-0.39, 0.29) is 4.90 Å². The Morgan fingerprint density at radius 2 is 1.71 bits per heavy atom. The van der Waals surface area contributed by atoms with E-state index in [0.717, 1.165) is 5.56 Å². The number of aryl methyl sites for hydroxylation is 1. The summed E-state index contributed by atoms with van der Waals surface area (Å²) in [7, 11) is -2.07. The van der Waals surface area contributed by atoms with Crippen molar-refractivity contribution in [3.8, 4) is 28.5 Å². The molecule has 2 heterocycles. The molecule has 3 aromatic rings. The fourth-order valence-electron chi connectivity index (χ4n) is 2.45. The normalized spacial score (nSPS) is 11.2. The van der Waals surface area contributed by atoms with Crippen LogP contribution in [0.1, 0.15) is 5.69 Å². The number of nitrogens with two attached hydrogens (primary N) is 1. The van der Waals surface area contributed by atoms with E-state index in [2.05, 4.69) is 16.2 Å². The first-order valence-corrected chi connectivity index (χ1v) is 8.47. The van der Waals surface area contributed by atoms with Crippen molar-refractivity contribution in [2.24, 2.45) is 12.2 Å². The zero-order valence-corrected chi connectivity index (χ0v) is 13.5. The van der Waals surface area contributed by atoms with Gasteiger partial charge in [-0.25, -0.2) is 13.6 Å². The highest BCUT2D eigenvalue weighted by molar-refractivity contribution is 7.89. The lowest BCUT2D eigenvalue weighted by Gasteiger charge is -2.04. The lowest BCUT2D eigenvalue weighted by atomic mass is 10.00. The Balaban J connectivity index is 2.21. The van der Waals surface area contributed by atoms with Gasteiger partial charge in [-0.3, -0.25) is 9.67 Å². The first-order chi connectivity index (χ1) is 11.4. The van der Waals surface area contributed by atoms with Crippen LogP contribution in [0.5, 0.6) is 0 Å². The second-order valence-corrected chi connectivity index (χ2v) is 6.67. The van der Waals surface area contributed by atoms with Gasteiger partial charge in [-0.1, -0.05) is 12.1 Å². The van der Waals surface area contributed by atoms with E-state index in [1.807, 2.05) is 0 Å². The zero-order valence-electron chi connectivity index (χ0n) is 12.7. The van der Waals surface area contributed by atoms with Gasteiger partial charge in [-0.2, -0.15) is 10.4 Å². The summed E-state index contributed by atoms with van der Waals surface area (Å²) >= 11 is 0. The number of benzene rings is 1. The highest BCUT2D eigenvalue weighted by Crippen LogP contribution is 2.34. The average molecular weight is 339 g/mol. The molecule has 8 heteroatoms.